The SMILES string of the molecule is CCn1cc(NC(=O)c2cncc(NC)n2)cn1. The van der Waals surface area contributed by atoms with Gasteiger partial charge < -0.3 is 10.6 Å². The zero-order valence-electron chi connectivity index (χ0n) is 10.2. The highest BCUT2D eigenvalue weighted by Crippen LogP contribution is 2.08. The second kappa shape index (κ2) is 5.26. The van der Waals surface area contributed by atoms with Crippen LogP contribution in [0.1, 0.15) is 17.4 Å². The second-order valence-corrected chi connectivity index (χ2v) is 3.58. The Labute approximate surface area is 104 Å². The van der Waals surface area contributed by atoms with Gasteiger partial charge in [0.15, 0.2) is 0 Å². The van der Waals surface area contributed by atoms with Crippen molar-refractivity contribution in [3.05, 3.63) is 30.5 Å². The van der Waals surface area contributed by atoms with E-state index in [0.717, 1.165) is 6.54 Å². The van der Waals surface area contributed by atoms with Crippen molar-refractivity contribution >= 4 is 17.4 Å². The summed E-state index contributed by atoms with van der Waals surface area (Å²) in [7, 11) is 1.72. The van der Waals surface area contributed by atoms with E-state index in [1.54, 1.807) is 30.3 Å². The molecule has 0 aliphatic carbocycles. The van der Waals surface area contributed by atoms with Gasteiger partial charge in [0.05, 0.1) is 24.3 Å². The zero-order chi connectivity index (χ0) is 13.0. The topological polar surface area (TPSA) is 84.7 Å². The van der Waals surface area contributed by atoms with Gasteiger partial charge in [-0.2, -0.15) is 5.10 Å². The quantitative estimate of drug-likeness (QED) is 0.840. The fourth-order valence-electron chi connectivity index (χ4n) is 1.39. The van der Waals surface area contributed by atoms with E-state index in [9.17, 15) is 4.79 Å². The molecule has 0 atom stereocenters. The molecule has 2 rings (SSSR count). The highest BCUT2D eigenvalue weighted by atomic mass is 16.1. The van der Waals surface area contributed by atoms with Crippen LogP contribution in [-0.4, -0.2) is 32.7 Å². The Kier molecular flexibility index (Phi) is 3.52. The molecule has 0 aliphatic heterocycles. The third-order valence-corrected chi connectivity index (χ3v) is 2.34. The minimum Gasteiger partial charge on any atom is -0.372 e. The molecule has 2 N–H and O–H groups in total. The Bertz CT molecular complexity index is 550. The van der Waals surface area contributed by atoms with Crippen LogP contribution in [0.25, 0.3) is 0 Å². The lowest BCUT2D eigenvalue weighted by Gasteiger charge is -2.03. The van der Waals surface area contributed by atoms with Crippen molar-refractivity contribution < 1.29 is 4.79 Å². The molecule has 0 unspecified atom stereocenters. The van der Waals surface area contributed by atoms with Crippen LogP contribution in [0.4, 0.5) is 11.5 Å². The van der Waals surface area contributed by atoms with Crippen LogP contribution in [0.2, 0.25) is 0 Å². The molecule has 0 aliphatic rings. The monoisotopic (exact) mass is 246 g/mol. The van der Waals surface area contributed by atoms with Gasteiger partial charge in [-0.15, -0.1) is 0 Å². The summed E-state index contributed by atoms with van der Waals surface area (Å²) in [4.78, 5) is 19.9. The summed E-state index contributed by atoms with van der Waals surface area (Å²) in [5.74, 6) is 0.238. The van der Waals surface area contributed by atoms with Gasteiger partial charge in [0.2, 0.25) is 0 Å². The summed E-state index contributed by atoms with van der Waals surface area (Å²) in [5.41, 5.74) is 0.893. The van der Waals surface area contributed by atoms with Gasteiger partial charge in [-0.05, 0) is 6.92 Å². The number of rotatable bonds is 4. The summed E-state index contributed by atoms with van der Waals surface area (Å²) in [6.45, 7) is 2.73. The number of aryl methyl sites for hydroxylation is 1. The zero-order valence-corrected chi connectivity index (χ0v) is 10.2. The lowest BCUT2D eigenvalue weighted by atomic mass is 10.4. The maximum absolute atomic E-state index is 11.9. The van der Waals surface area contributed by atoms with E-state index in [-0.39, 0.29) is 11.6 Å². The van der Waals surface area contributed by atoms with Gasteiger partial charge >= 0.3 is 0 Å². The third-order valence-electron chi connectivity index (χ3n) is 2.34. The summed E-state index contributed by atoms with van der Waals surface area (Å²) in [5, 5.41) is 9.61. The summed E-state index contributed by atoms with van der Waals surface area (Å²) in [6, 6.07) is 0. The largest absolute Gasteiger partial charge is 0.372 e. The number of nitrogens with one attached hydrogen (secondary N) is 2. The second-order valence-electron chi connectivity index (χ2n) is 3.58. The van der Waals surface area contributed by atoms with Crippen molar-refractivity contribution in [2.75, 3.05) is 17.7 Å². The first-order valence-corrected chi connectivity index (χ1v) is 5.56. The summed E-state index contributed by atoms with van der Waals surface area (Å²) >= 11 is 0. The fraction of sp³-hybridized carbons (Fsp3) is 0.273. The van der Waals surface area contributed by atoms with E-state index in [1.807, 2.05) is 6.92 Å². The Hall–Kier alpha value is -2.44. The van der Waals surface area contributed by atoms with Gasteiger partial charge in [-0.3, -0.25) is 14.5 Å². The molecule has 2 aromatic rings. The molecular weight excluding hydrogens is 232 g/mol. The van der Waals surface area contributed by atoms with Gasteiger partial charge in [-0.1, -0.05) is 0 Å². The number of hydrogen-bond donors (Lipinski definition) is 2. The van der Waals surface area contributed by atoms with E-state index >= 15 is 0 Å². The molecule has 2 heterocycles. The van der Waals surface area contributed by atoms with Crippen LogP contribution in [0.15, 0.2) is 24.8 Å². The van der Waals surface area contributed by atoms with Crippen molar-refractivity contribution in [2.45, 2.75) is 13.5 Å². The number of amides is 1. The first-order chi connectivity index (χ1) is 8.72. The molecule has 18 heavy (non-hydrogen) atoms. The standard InChI is InChI=1S/C11H14N6O/c1-3-17-7-8(4-14-17)15-11(18)9-5-13-6-10(12-2)16-9/h4-7H,3H2,1-2H3,(H,12,16)(H,15,18). The predicted octanol–water partition coefficient (Wildman–Crippen LogP) is 0.987. The van der Waals surface area contributed by atoms with Gasteiger partial charge in [0.25, 0.3) is 5.91 Å². The van der Waals surface area contributed by atoms with Crippen LogP contribution < -0.4 is 10.6 Å². The number of carbonyl (C=O) groups is 1. The lowest BCUT2D eigenvalue weighted by Crippen LogP contribution is -2.14. The van der Waals surface area contributed by atoms with Gasteiger partial charge in [0, 0.05) is 19.8 Å². The minimum atomic E-state index is -0.310. The van der Waals surface area contributed by atoms with Crippen LogP contribution >= 0.6 is 0 Å². The van der Waals surface area contributed by atoms with E-state index in [0.29, 0.717) is 11.5 Å². The molecule has 0 saturated carbocycles. The van der Waals surface area contributed by atoms with E-state index in [1.165, 1.54) is 6.20 Å². The first kappa shape index (κ1) is 12.0. The van der Waals surface area contributed by atoms with Crippen molar-refractivity contribution in [2.24, 2.45) is 0 Å². The molecule has 94 valence electrons. The molecule has 7 nitrogen and oxygen atoms in total. The van der Waals surface area contributed by atoms with Crippen LogP contribution in [-0.2, 0) is 6.54 Å². The Morgan fingerprint density at radius 1 is 1.39 bits per heavy atom. The molecule has 0 aromatic carbocycles. The molecule has 0 saturated heterocycles. The van der Waals surface area contributed by atoms with Crippen LogP contribution in [0.3, 0.4) is 0 Å². The van der Waals surface area contributed by atoms with Crippen molar-refractivity contribution in [3.63, 3.8) is 0 Å². The average molecular weight is 246 g/mol. The normalized spacial score (nSPS) is 10.1. The molecule has 0 spiro atoms. The highest BCUT2D eigenvalue weighted by molar-refractivity contribution is 6.02. The molecule has 1 amide bonds. The fourth-order valence-corrected chi connectivity index (χ4v) is 1.39. The van der Waals surface area contributed by atoms with Crippen molar-refractivity contribution in [3.8, 4) is 0 Å². The van der Waals surface area contributed by atoms with E-state index in [4.69, 9.17) is 0 Å². The molecular formula is C11H14N6O. The number of hydrogen-bond acceptors (Lipinski definition) is 5. The van der Waals surface area contributed by atoms with Crippen molar-refractivity contribution in [1.82, 2.24) is 19.7 Å². The van der Waals surface area contributed by atoms with E-state index in [2.05, 4.69) is 25.7 Å². The van der Waals surface area contributed by atoms with Gasteiger partial charge in [-0.25, -0.2) is 4.98 Å². The molecule has 0 radical (unpaired) electrons. The Morgan fingerprint density at radius 2 is 2.22 bits per heavy atom. The van der Waals surface area contributed by atoms with Crippen LogP contribution in [0.5, 0.6) is 0 Å². The Balaban J connectivity index is 2.11. The minimum absolute atomic E-state index is 0.256. The molecule has 7 heteroatoms. The smallest absolute Gasteiger partial charge is 0.276 e. The molecule has 0 fully saturated rings. The number of anilines is 2. The maximum atomic E-state index is 11.9. The maximum Gasteiger partial charge on any atom is 0.276 e. The number of carbonyl (C=O) groups excluding carboxylic acids is 1. The first-order valence-electron chi connectivity index (χ1n) is 5.56. The molecule has 2 aromatic heterocycles. The molecule has 0 bridgehead atoms. The number of nitrogens with zero attached hydrogens (tertiary/aromatic N) is 4. The number of aromatic nitrogens is 4. The summed E-state index contributed by atoms with van der Waals surface area (Å²) < 4.78 is 1.73. The average Bonchev–Trinajstić information content (AvgIpc) is 2.86. The van der Waals surface area contributed by atoms with Crippen molar-refractivity contribution in [1.29, 1.82) is 0 Å². The predicted molar refractivity (Wildman–Crippen MR) is 67.4 cm³/mol. The van der Waals surface area contributed by atoms with Crippen LogP contribution in [0, 0.1) is 0 Å². The third kappa shape index (κ3) is 2.62. The highest BCUT2D eigenvalue weighted by Gasteiger charge is 2.09. The summed E-state index contributed by atoms with van der Waals surface area (Å²) in [6.07, 6.45) is 6.32. The van der Waals surface area contributed by atoms with E-state index < -0.39 is 0 Å². The lowest BCUT2D eigenvalue weighted by molar-refractivity contribution is 0.102. The van der Waals surface area contributed by atoms with Gasteiger partial charge in [0.1, 0.15) is 11.5 Å². The Morgan fingerprint density at radius 3 is 2.89 bits per heavy atom.